The zero-order valence-electron chi connectivity index (χ0n) is 17.0. The molecule has 2 aromatic rings. The molecule has 1 aliphatic rings. The summed E-state index contributed by atoms with van der Waals surface area (Å²) in [6.07, 6.45) is 4.39. The van der Waals surface area contributed by atoms with Gasteiger partial charge < -0.3 is 25.0 Å². The number of rotatable bonds is 5. The highest BCUT2D eigenvalue weighted by Gasteiger charge is 2.23. The number of carbonyl (C=O) groups is 1. The summed E-state index contributed by atoms with van der Waals surface area (Å²) >= 11 is 0. The monoisotopic (exact) mass is 395 g/mol. The van der Waals surface area contributed by atoms with Crippen molar-refractivity contribution in [2.75, 3.05) is 13.7 Å². The van der Waals surface area contributed by atoms with Crippen LogP contribution in [0.25, 0.3) is 22.2 Å². The Balaban J connectivity index is 2.27. The molecular weight excluding hydrogens is 370 g/mol. The fourth-order valence-electron chi connectivity index (χ4n) is 3.50. The minimum Gasteiger partial charge on any atom is -0.508 e. The number of ether oxygens (including phenoxy) is 2. The van der Waals surface area contributed by atoms with E-state index >= 15 is 0 Å². The molecule has 3 N–H and O–H groups in total. The maximum Gasteiger partial charge on any atom is 0.352 e. The minimum atomic E-state index is -0.458. The number of aromatic nitrogens is 1. The Morgan fingerprint density at radius 2 is 2.17 bits per heavy atom. The van der Waals surface area contributed by atoms with Gasteiger partial charge in [-0.05, 0) is 45.4 Å². The predicted octanol–water partition coefficient (Wildman–Crippen LogP) is 4.95. The third-order valence-corrected chi connectivity index (χ3v) is 4.81. The minimum absolute atomic E-state index is 0.0993. The zero-order valence-corrected chi connectivity index (χ0v) is 17.0. The van der Waals surface area contributed by atoms with E-state index < -0.39 is 5.97 Å². The van der Waals surface area contributed by atoms with Gasteiger partial charge in [0.25, 0.3) is 0 Å². The lowest BCUT2D eigenvalue weighted by Gasteiger charge is -2.12. The van der Waals surface area contributed by atoms with E-state index in [0.717, 1.165) is 22.0 Å². The van der Waals surface area contributed by atoms with E-state index in [9.17, 15) is 9.90 Å². The highest BCUT2D eigenvalue weighted by Crippen LogP contribution is 2.39. The van der Waals surface area contributed by atoms with Gasteiger partial charge in [-0.25, -0.2) is 9.79 Å². The van der Waals surface area contributed by atoms with Crippen molar-refractivity contribution in [1.82, 2.24) is 4.98 Å². The van der Waals surface area contributed by atoms with Gasteiger partial charge in [0.2, 0.25) is 0 Å². The summed E-state index contributed by atoms with van der Waals surface area (Å²) in [5.74, 6) is 0.621. The van der Waals surface area contributed by atoms with Crippen LogP contribution in [0.4, 0.5) is 5.82 Å². The summed E-state index contributed by atoms with van der Waals surface area (Å²) in [6.45, 7) is 5.61. The molecule has 1 aliphatic heterocycles. The first-order chi connectivity index (χ1) is 13.9. The quantitative estimate of drug-likeness (QED) is 0.492. The molecule has 0 bridgehead atoms. The number of aliphatic hydroxyl groups excluding tert-OH is 1. The van der Waals surface area contributed by atoms with Crippen LogP contribution in [0.1, 0.15) is 44.7 Å². The van der Waals surface area contributed by atoms with E-state index in [4.69, 9.17) is 14.9 Å². The number of benzene rings is 1. The van der Waals surface area contributed by atoms with Crippen LogP contribution in [0.2, 0.25) is 0 Å². The molecule has 0 atom stereocenters. The Morgan fingerprint density at radius 1 is 1.41 bits per heavy atom. The van der Waals surface area contributed by atoms with Crippen molar-refractivity contribution in [3.05, 3.63) is 35.4 Å². The second kappa shape index (κ2) is 8.34. The number of allylic oxidation sites excluding steroid dienone is 3. The summed E-state index contributed by atoms with van der Waals surface area (Å²) in [6, 6.07) is 3.69. The average Bonchev–Trinajstić information content (AvgIpc) is 3.01. The van der Waals surface area contributed by atoms with Crippen LogP contribution in [0, 0.1) is 5.41 Å². The fourth-order valence-corrected chi connectivity index (χ4v) is 3.50. The molecule has 152 valence electrons. The summed E-state index contributed by atoms with van der Waals surface area (Å²) in [7, 11) is 1.57. The predicted molar refractivity (Wildman–Crippen MR) is 115 cm³/mol. The van der Waals surface area contributed by atoms with Gasteiger partial charge >= 0.3 is 5.97 Å². The number of aliphatic imine (C=N–C) groups is 1. The van der Waals surface area contributed by atoms with Gasteiger partial charge in [-0.2, -0.15) is 0 Å². The van der Waals surface area contributed by atoms with Gasteiger partial charge in [0.05, 0.1) is 19.3 Å². The molecule has 0 radical (unpaired) electrons. The van der Waals surface area contributed by atoms with Gasteiger partial charge in [-0.3, -0.25) is 0 Å². The van der Waals surface area contributed by atoms with Crippen molar-refractivity contribution in [1.29, 1.82) is 5.41 Å². The first-order valence-corrected chi connectivity index (χ1v) is 9.51. The van der Waals surface area contributed by atoms with Crippen LogP contribution >= 0.6 is 0 Å². The Morgan fingerprint density at radius 3 is 2.79 bits per heavy atom. The van der Waals surface area contributed by atoms with Crippen molar-refractivity contribution >= 4 is 45.4 Å². The molecule has 0 saturated heterocycles. The van der Waals surface area contributed by atoms with E-state index in [1.165, 1.54) is 0 Å². The highest BCUT2D eigenvalue weighted by atomic mass is 16.5. The molecule has 0 unspecified atom stereocenters. The van der Waals surface area contributed by atoms with Crippen LogP contribution in [0.5, 0.6) is 5.75 Å². The number of esters is 1. The number of aromatic amines is 1. The second-order valence-corrected chi connectivity index (χ2v) is 6.68. The second-order valence-electron chi connectivity index (χ2n) is 6.68. The topological polar surface area (TPSA) is 108 Å². The largest absolute Gasteiger partial charge is 0.508 e. The van der Waals surface area contributed by atoms with Crippen LogP contribution in [0.3, 0.4) is 0 Å². The molecule has 2 heterocycles. The molecule has 7 nitrogen and oxygen atoms in total. The molecule has 3 rings (SSSR count). The highest BCUT2D eigenvalue weighted by molar-refractivity contribution is 6.37. The van der Waals surface area contributed by atoms with Crippen molar-refractivity contribution in [3.8, 4) is 5.75 Å². The molecule has 0 amide bonds. The van der Waals surface area contributed by atoms with Crippen molar-refractivity contribution in [2.45, 2.75) is 33.6 Å². The van der Waals surface area contributed by atoms with E-state index in [1.807, 2.05) is 25.1 Å². The Labute approximate surface area is 169 Å². The van der Waals surface area contributed by atoms with Gasteiger partial charge in [0, 0.05) is 34.2 Å². The number of hydrogen-bond acceptors (Lipinski definition) is 6. The lowest BCUT2D eigenvalue weighted by molar-refractivity contribution is -0.135. The number of carbonyl (C=O) groups excluding carboxylic acids is 1. The maximum absolute atomic E-state index is 12.2. The van der Waals surface area contributed by atoms with E-state index in [2.05, 4.69) is 9.98 Å². The molecule has 0 saturated carbocycles. The SMILES string of the molecule is CC=C(C(C)=N)c1cc2[nH]c3c(c2cc1OC)/C(O)=C\CC/C(C(=O)OCC)=N\3. The Hall–Kier alpha value is -3.35. The van der Waals surface area contributed by atoms with Gasteiger partial charge in [0.1, 0.15) is 23.0 Å². The molecule has 1 aromatic carbocycles. The number of hydrogen-bond donors (Lipinski definition) is 3. The summed E-state index contributed by atoms with van der Waals surface area (Å²) in [4.78, 5) is 19.9. The summed E-state index contributed by atoms with van der Waals surface area (Å²) < 4.78 is 10.7. The first kappa shape index (κ1) is 20.4. The van der Waals surface area contributed by atoms with Crippen LogP contribution in [-0.4, -0.2) is 41.2 Å². The smallest absolute Gasteiger partial charge is 0.352 e. The molecule has 0 spiro atoms. The summed E-state index contributed by atoms with van der Waals surface area (Å²) in [5, 5.41) is 19.4. The standard InChI is InChI=1S/C22H25N3O4/c1-5-13(12(3)23)14-10-17-15(11-19(14)28-4)20-18(26)9-7-8-16(22(27)29-6-2)24-21(20)25-17/h5,9-11,23,25-26H,6-8H2,1-4H3/b13-5?,18-9+,23-12?,24-16+. The maximum atomic E-state index is 12.2. The van der Waals surface area contributed by atoms with Crippen LogP contribution in [0.15, 0.2) is 29.3 Å². The third kappa shape index (κ3) is 3.81. The van der Waals surface area contributed by atoms with Crippen molar-refractivity contribution < 1.29 is 19.4 Å². The number of aliphatic hydroxyl groups is 1. The van der Waals surface area contributed by atoms with E-state index in [1.54, 1.807) is 27.0 Å². The van der Waals surface area contributed by atoms with Gasteiger partial charge in [0.15, 0.2) is 0 Å². The number of nitrogens with one attached hydrogen (secondary N) is 2. The third-order valence-electron chi connectivity index (χ3n) is 4.81. The normalized spacial score (nSPS) is 18.0. The fraction of sp³-hybridized carbons (Fsp3) is 0.318. The number of methoxy groups -OCH3 is 1. The molecule has 7 heteroatoms. The molecule has 1 aromatic heterocycles. The Kier molecular flexibility index (Phi) is 5.87. The van der Waals surface area contributed by atoms with Gasteiger partial charge in [-0.1, -0.05) is 6.08 Å². The van der Waals surface area contributed by atoms with E-state index in [0.29, 0.717) is 41.4 Å². The molecule has 29 heavy (non-hydrogen) atoms. The first-order valence-electron chi connectivity index (χ1n) is 9.51. The number of fused-ring (bicyclic) bond motifs is 3. The van der Waals surface area contributed by atoms with Crippen LogP contribution < -0.4 is 4.74 Å². The van der Waals surface area contributed by atoms with Crippen molar-refractivity contribution in [3.63, 3.8) is 0 Å². The van der Waals surface area contributed by atoms with E-state index in [-0.39, 0.29) is 12.4 Å². The number of H-pyrrole nitrogens is 1. The molecule has 0 aliphatic carbocycles. The average molecular weight is 395 g/mol. The molecule has 0 fully saturated rings. The molecular formula is C22H25N3O4. The lowest BCUT2D eigenvalue weighted by atomic mass is 9.98. The van der Waals surface area contributed by atoms with Crippen molar-refractivity contribution in [2.24, 2.45) is 4.99 Å². The van der Waals surface area contributed by atoms with Gasteiger partial charge in [-0.15, -0.1) is 0 Å². The summed E-state index contributed by atoms with van der Waals surface area (Å²) in [5.41, 5.74) is 3.48. The Bertz CT molecular complexity index is 1070. The lowest BCUT2D eigenvalue weighted by Crippen LogP contribution is -2.17. The number of nitrogens with zero attached hydrogens (tertiary/aromatic N) is 1. The zero-order chi connectivity index (χ0) is 21.1. The van der Waals surface area contributed by atoms with Crippen LogP contribution in [-0.2, 0) is 9.53 Å².